The number of benzene rings is 1. The van der Waals surface area contributed by atoms with Crippen molar-refractivity contribution in [3.05, 3.63) is 56.0 Å². The Hall–Kier alpha value is -2.18. The van der Waals surface area contributed by atoms with Gasteiger partial charge in [0.15, 0.2) is 0 Å². The van der Waals surface area contributed by atoms with E-state index in [2.05, 4.69) is 4.98 Å². The fraction of sp³-hybridized carbons (Fsp3) is 0.200. The third-order valence-corrected chi connectivity index (χ3v) is 4.30. The smallest absolute Gasteiger partial charge is 0.329 e. The van der Waals surface area contributed by atoms with Gasteiger partial charge in [0.25, 0.3) is 5.56 Å². The molecule has 0 saturated heterocycles. The van der Waals surface area contributed by atoms with Crippen molar-refractivity contribution in [2.24, 2.45) is 0 Å². The first-order chi connectivity index (χ1) is 10.1. The van der Waals surface area contributed by atoms with E-state index in [1.54, 1.807) is 0 Å². The van der Waals surface area contributed by atoms with E-state index in [9.17, 15) is 9.59 Å². The molecule has 0 unspecified atom stereocenters. The van der Waals surface area contributed by atoms with Crippen LogP contribution in [0.1, 0.15) is 5.56 Å². The van der Waals surface area contributed by atoms with Crippen molar-refractivity contribution < 1.29 is 5.11 Å². The van der Waals surface area contributed by atoms with Crippen LogP contribution in [0.5, 0.6) is 0 Å². The zero-order valence-corrected chi connectivity index (χ0v) is 12.2. The summed E-state index contributed by atoms with van der Waals surface area (Å²) in [4.78, 5) is 27.6. The number of hydrogen-bond donors (Lipinski definition) is 2. The SMILES string of the molecule is Cc1ccc(-c2csc3[nH]c(=O)n(CCO)c(=O)c23)cc1. The first kappa shape index (κ1) is 13.8. The van der Waals surface area contributed by atoms with E-state index in [-0.39, 0.29) is 18.7 Å². The second-order valence-electron chi connectivity index (χ2n) is 4.83. The van der Waals surface area contributed by atoms with Gasteiger partial charge in [-0.25, -0.2) is 4.79 Å². The Bertz CT molecular complexity index is 903. The number of hydrogen-bond acceptors (Lipinski definition) is 4. The first-order valence-corrected chi connectivity index (χ1v) is 7.42. The Labute approximate surface area is 124 Å². The number of aliphatic hydroxyl groups excluding tert-OH is 1. The summed E-state index contributed by atoms with van der Waals surface area (Å²) in [5, 5.41) is 11.4. The van der Waals surface area contributed by atoms with E-state index < -0.39 is 5.69 Å². The molecule has 1 aromatic carbocycles. The molecule has 0 amide bonds. The van der Waals surface area contributed by atoms with Gasteiger partial charge in [0.2, 0.25) is 0 Å². The summed E-state index contributed by atoms with van der Waals surface area (Å²) < 4.78 is 1.03. The highest BCUT2D eigenvalue weighted by atomic mass is 32.1. The maximum absolute atomic E-state index is 12.5. The molecule has 0 aliphatic carbocycles. The maximum Gasteiger partial charge on any atom is 0.329 e. The summed E-state index contributed by atoms with van der Waals surface area (Å²) in [6, 6.07) is 7.88. The fourth-order valence-corrected chi connectivity index (χ4v) is 3.25. The lowest BCUT2D eigenvalue weighted by Crippen LogP contribution is -2.35. The van der Waals surface area contributed by atoms with Gasteiger partial charge in [0.1, 0.15) is 4.83 Å². The number of nitrogens with zero attached hydrogens (tertiary/aromatic N) is 1. The summed E-state index contributed by atoms with van der Waals surface area (Å²) in [6.07, 6.45) is 0. The molecule has 0 aliphatic heterocycles. The molecule has 0 bridgehead atoms. The Morgan fingerprint density at radius 3 is 2.62 bits per heavy atom. The lowest BCUT2D eigenvalue weighted by atomic mass is 10.1. The van der Waals surface area contributed by atoms with Crippen LogP contribution in [0.25, 0.3) is 21.3 Å². The normalized spacial score (nSPS) is 11.1. The van der Waals surface area contributed by atoms with Crippen molar-refractivity contribution in [3.8, 4) is 11.1 Å². The van der Waals surface area contributed by atoms with Gasteiger partial charge in [-0.2, -0.15) is 0 Å². The molecular weight excluding hydrogens is 288 g/mol. The summed E-state index contributed by atoms with van der Waals surface area (Å²) in [5.41, 5.74) is 2.04. The number of thiophene rings is 1. The number of aromatic nitrogens is 2. The third kappa shape index (κ3) is 2.32. The molecule has 3 aromatic rings. The molecule has 0 fully saturated rings. The van der Waals surface area contributed by atoms with Crippen LogP contribution in [0.4, 0.5) is 0 Å². The molecule has 2 heterocycles. The quantitative estimate of drug-likeness (QED) is 0.773. The van der Waals surface area contributed by atoms with Crippen molar-refractivity contribution in [2.45, 2.75) is 13.5 Å². The van der Waals surface area contributed by atoms with Gasteiger partial charge in [-0.15, -0.1) is 11.3 Å². The van der Waals surface area contributed by atoms with Crippen LogP contribution in [-0.4, -0.2) is 21.3 Å². The molecule has 2 aromatic heterocycles. The Morgan fingerprint density at radius 1 is 1.24 bits per heavy atom. The van der Waals surface area contributed by atoms with Crippen LogP contribution in [0.3, 0.4) is 0 Å². The van der Waals surface area contributed by atoms with E-state index >= 15 is 0 Å². The minimum absolute atomic E-state index is 0.00666. The van der Waals surface area contributed by atoms with Gasteiger partial charge in [-0.1, -0.05) is 29.8 Å². The van der Waals surface area contributed by atoms with Gasteiger partial charge in [-0.05, 0) is 12.5 Å². The van der Waals surface area contributed by atoms with Crippen molar-refractivity contribution in [1.82, 2.24) is 9.55 Å². The number of fused-ring (bicyclic) bond motifs is 1. The monoisotopic (exact) mass is 302 g/mol. The highest BCUT2D eigenvalue weighted by Gasteiger charge is 2.14. The van der Waals surface area contributed by atoms with Crippen molar-refractivity contribution in [3.63, 3.8) is 0 Å². The van der Waals surface area contributed by atoms with E-state index in [1.165, 1.54) is 11.3 Å². The van der Waals surface area contributed by atoms with Crippen LogP contribution in [0, 0.1) is 6.92 Å². The molecular formula is C15H14N2O3S. The van der Waals surface area contributed by atoms with Gasteiger partial charge in [-0.3, -0.25) is 14.3 Å². The average molecular weight is 302 g/mol. The predicted molar refractivity (Wildman–Crippen MR) is 84.0 cm³/mol. The molecule has 108 valence electrons. The van der Waals surface area contributed by atoms with Crippen molar-refractivity contribution in [2.75, 3.05) is 6.61 Å². The van der Waals surface area contributed by atoms with Gasteiger partial charge in [0.05, 0.1) is 18.5 Å². The number of aliphatic hydroxyl groups is 1. The summed E-state index contributed by atoms with van der Waals surface area (Å²) in [6.45, 7) is 1.74. The van der Waals surface area contributed by atoms with E-state index in [4.69, 9.17) is 5.11 Å². The predicted octanol–water partition coefficient (Wildman–Crippen LogP) is 1.72. The summed E-state index contributed by atoms with van der Waals surface area (Å²) >= 11 is 1.34. The zero-order valence-electron chi connectivity index (χ0n) is 11.4. The second-order valence-corrected chi connectivity index (χ2v) is 5.71. The highest BCUT2D eigenvalue weighted by molar-refractivity contribution is 7.17. The van der Waals surface area contributed by atoms with Crippen molar-refractivity contribution in [1.29, 1.82) is 0 Å². The number of aryl methyl sites for hydroxylation is 1. The van der Waals surface area contributed by atoms with E-state index in [0.717, 1.165) is 21.3 Å². The second kappa shape index (κ2) is 5.31. The molecule has 3 rings (SSSR count). The Kier molecular flexibility index (Phi) is 3.48. The summed E-state index contributed by atoms with van der Waals surface area (Å²) in [7, 11) is 0. The Balaban J connectivity index is 2.30. The largest absolute Gasteiger partial charge is 0.395 e. The van der Waals surface area contributed by atoms with Crippen LogP contribution in [0.2, 0.25) is 0 Å². The zero-order chi connectivity index (χ0) is 15.0. The summed E-state index contributed by atoms with van der Waals surface area (Å²) in [5.74, 6) is 0. The highest BCUT2D eigenvalue weighted by Crippen LogP contribution is 2.30. The maximum atomic E-state index is 12.5. The molecule has 0 aliphatic rings. The van der Waals surface area contributed by atoms with E-state index in [1.807, 2.05) is 36.6 Å². The molecule has 0 radical (unpaired) electrons. The van der Waals surface area contributed by atoms with Gasteiger partial charge < -0.3 is 5.11 Å². The fourth-order valence-electron chi connectivity index (χ4n) is 2.30. The first-order valence-electron chi connectivity index (χ1n) is 6.54. The number of rotatable bonds is 3. The van der Waals surface area contributed by atoms with Gasteiger partial charge >= 0.3 is 5.69 Å². The third-order valence-electron chi connectivity index (χ3n) is 3.40. The molecule has 0 saturated carbocycles. The van der Waals surface area contributed by atoms with E-state index in [0.29, 0.717) is 10.2 Å². The lowest BCUT2D eigenvalue weighted by molar-refractivity contribution is 0.272. The van der Waals surface area contributed by atoms with Gasteiger partial charge in [0, 0.05) is 10.9 Å². The number of nitrogens with one attached hydrogen (secondary N) is 1. The molecule has 0 atom stereocenters. The van der Waals surface area contributed by atoms with Crippen LogP contribution < -0.4 is 11.2 Å². The molecule has 5 nitrogen and oxygen atoms in total. The number of aromatic amines is 1. The van der Waals surface area contributed by atoms with Crippen LogP contribution >= 0.6 is 11.3 Å². The minimum Gasteiger partial charge on any atom is -0.395 e. The van der Waals surface area contributed by atoms with Crippen LogP contribution in [0.15, 0.2) is 39.2 Å². The molecule has 2 N–H and O–H groups in total. The van der Waals surface area contributed by atoms with Crippen molar-refractivity contribution >= 4 is 21.6 Å². The van der Waals surface area contributed by atoms with Crippen LogP contribution in [-0.2, 0) is 6.54 Å². The lowest BCUT2D eigenvalue weighted by Gasteiger charge is -2.04. The Morgan fingerprint density at radius 2 is 1.95 bits per heavy atom. The average Bonchev–Trinajstić information content (AvgIpc) is 2.88. The minimum atomic E-state index is -0.487. The number of H-pyrrole nitrogens is 1. The molecule has 0 spiro atoms. The molecule has 6 heteroatoms. The molecule has 21 heavy (non-hydrogen) atoms. The topological polar surface area (TPSA) is 75.1 Å². The standard InChI is InChI=1S/C15H14N2O3S/c1-9-2-4-10(5-3-9)11-8-21-13-12(11)14(19)17(6-7-18)15(20)16-13/h2-5,8,18H,6-7H2,1H3,(H,16,20).